The summed E-state index contributed by atoms with van der Waals surface area (Å²) in [5.74, 6) is 0. The van der Waals surface area contributed by atoms with E-state index in [2.05, 4.69) is 289 Å². The van der Waals surface area contributed by atoms with Gasteiger partial charge in [0.2, 0.25) is 0 Å². The average Bonchev–Trinajstić information content (AvgIpc) is 1.52. The second-order valence-corrected chi connectivity index (χ2v) is 30.4. The topological polar surface area (TPSA) is 0 Å². The van der Waals surface area contributed by atoms with Crippen LogP contribution in [0.2, 0.25) is 0 Å². The van der Waals surface area contributed by atoms with Crippen LogP contribution in [0.15, 0.2) is 206 Å². The molecule has 2 fully saturated rings. The highest BCUT2D eigenvalue weighted by Crippen LogP contribution is 2.64. The number of rotatable bonds is 0. The first-order valence-electron chi connectivity index (χ1n) is 34.6. The zero-order valence-corrected chi connectivity index (χ0v) is 56.5. The molecular formula is C92H88. The van der Waals surface area contributed by atoms with Gasteiger partial charge in [0.05, 0.1) is 5.41 Å². The summed E-state index contributed by atoms with van der Waals surface area (Å²) in [5, 5.41) is 0. The molecule has 0 saturated heterocycles. The van der Waals surface area contributed by atoms with E-state index in [4.69, 9.17) is 0 Å². The third kappa shape index (κ3) is 8.53. The fourth-order valence-corrected chi connectivity index (χ4v) is 19.2. The van der Waals surface area contributed by atoms with Crippen LogP contribution in [0.1, 0.15) is 197 Å². The van der Waals surface area contributed by atoms with Gasteiger partial charge >= 0.3 is 0 Å². The Morgan fingerprint density at radius 1 is 0.196 bits per heavy atom. The Labute approximate surface area is 548 Å². The Morgan fingerprint density at radius 3 is 0.717 bits per heavy atom. The summed E-state index contributed by atoms with van der Waals surface area (Å²) in [7, 11) is 0. The Morgan fingerprint density at radius 2 is 0.413 bits per heavy atom. The van der Waals surface area contributed by atoms with E-state index >= 15 is 0 Å². The maximum Gasteiger partial charge on any atom is 0.0725 e. The summed E-state index contributed by atoms with van der Waals surface area (Å²) in [5.41, 5.74) is 46.7. The molecule has 0 N–H and O–H groups in total. The van der Waals surface area contributed by atoms with Gasteiger partial charge in [-0.05, 0) is 227 Å². The SMILES string of the molecule is Cc1ccc2c(c1)C(C)(C)c1cc3c(cc1-2)C(C)(C)c1cc(C)ccc1-3.Cc1ccc2c(c1)C1(CCCC1)c1cc(C)ccc1-2.Cc1ccc2c(c1)C1(CCCCC1)c1cc(C)ccc1-2.Cc1ccc2c(c1)C1(c3ccccc3-c3ccccc31)c1cc(C)ccc1-2. The molecule has 8 aliphatic rings. The molecule has 8 aliphatic carbocycles. The molecule has 11 aromatic carbocycles. The Kier molecular flexibility index (Phi) is 13.5. The molecular weight excluding hydrogens is 1110 g/mol. The van der Waals surface area contributed by atoms with Crippen LogP contribution in [0.3, 0.4) is 0 Å². The van der Waals surface area contributed by atoms with Crippen molar-refractivity contribution in [3.8, 4) is 66.8 Å². The van der Waals surface area contributed by atoms with E-state index in [1.807, 2.05) is 0 Å². The summed E-state index contributed by atoms with van der Waals surface area (Å²) < 4.78 is 0. The first-order chi connectivity index (χ1) is 44.3. The van der Waals surface area contributed by atoms with Crippen molar-refractivity contribution < 1.29 is 0 Å². The molecule has 0 aromatic heterocycles. The standard InChI is InChI=1S/C27H20.C26H26.C20H22.C19H20/c1-17-11-13-21-22-14-12-18(2)16-26(22)27(25(21)15-17)23-9-5-3-7-19(23)20-8-4-6-10-24(20)27;1-15-7-9-17-19-13-24-20(14-23(19)25(3,4)21(17)11-15)18-10-8-16(2)12-22(18)26(24,5)6;1-14-6-8-16-17-9-7-15(2)13-19(17)20(18(16)12-14)10-4-3-5-11-20;1-13-5-7-15-16-8-6-14(2)12-18(16)19(17(15)11-13)9-3-4-10-19/h3-16H,1-2H3;7-14H,1-6H3;6-9,12-13H,3-5,10-11H2,1-2H3;5-8,11-12H,3-4,9-10H2,1-2H3. The lowest BCUT2D eigenvalue weighted by molar-refractivity contribution is 0.352. The van der Waals surface area contributed by atoms with Crippen molar-refractivity contribution in [2.24, 2.45) is 0 Å². The Hall–Kier alpha value is -8.58. The molecule has 2 saturated carbocycles. The lowest BCUT2D eigenvalue weighted by Crippen LogP contribution is -2.28. The van der Waals surface area contributed by atoms with Crippen molar-refractivity contribution in [3.63, 3.8) is 0 Å². The van der Waals surface area contributed by atoms with Crippen LogP contribution < -0.4 is 0 Å². The molecule has 0 nitrogen and oxygen atoms in total. The van der Waals surface area contributed by atoms with Crippen molar-refractivity contribution >= 4 is 0 Å². The zero-order valence-electron chi connectivity index (χ0n) is 56.5. The maximum atomic E-state index is 2.49. The largest absolute Gasteiger partial charge is 0.0725 e. The van der Waals surface area contributed by atoms with Crippen LogP contribution in [0, 0.1) is 55.4 Å². The van der Waals surface area contributed by atoms with Crippen LogP contribution in [-0.4, -0.2) is 0 Å². The van der Waals surface area contributed by atoms with Crippen molar-refractivity contribution in [1.82, 2.24) is 0 Å². The van der Waals surface area contributed by atoms with E-state index in [1.54, 1.807) is 22.3 Å². The highest BCUT2D eigenvalue weighted by molar-refractivity contribution is 5.96. The summed E-state index contributed by atoms with van der Waals surface area (Å²) >= 11 is 0. The average molecular weight is 1190 g/mol. The van der Waals surface area contributed by atoms with E-state index in [1.165, 1.54) is 214 Å². The molecule has 0 heterocycles. The number of benzene rings is 11. The quantitative estimate of drug-likeness (QED) is 0.142. The highest BCUT2D eigenvalue weighted by atomic mass is 14.5. The van der Waals surface area contributed by atoms with Crippen LogP contribution in [-0.2, 0) is 27.1 Å². The molecule has 456 valence electrons. The molecule has 0 unspecified atom stereocenters. The molecule has 0 amide bonds. The number of hydrogen-bond donors (Lipinski definition) is 0. The highest BCUT2D eigenvalue weighted by Gasteiger charge is 2.52. The van der Waals surface area contributed by atoms with Gasteiger partial charge in [-0.3, -0.25) is 0 Å². The van der Waals surface area contributed by atoms with E-state index in [9.17, 15) is 0 Å². The molecule has 3 spiro atoms. The van der Waals surface area contributed by atoms with E-state index in [-0.39, 0.29) is 16.2 Å². The monoisotopic (exact) mass is 1190 g/mol. The third-order valence-electron chi connectivity index (χ3n) is 23.7. The fraction of sp³-hybridized carbons (Fsp3) is 0.283. The lowest BCUT2D eigenvalue weighted by atomic mass is 9.67. The number of hydrogen-bond acceptors (Lipinski definition) is 0. The normalized spacial score (nSPS) is 17.2. The first kappa shape index (κ1) is 58.5. The lowest BCUT2D eigenvalue weighted by Gasteiger charge is -2.36. The van der Waals surface area contributed by atoms with Gasteiger partial charge in [0, 0.05) is 21.7 Å². The minimum absolute atomic E-state index is 0.0588. The summed E-state index contributed by atoms with van der Waals surface area (Å²) in [6, 6.07) is 79.0. The smallest absolute Gasteiger partial charge is 0.0619 e. The molecule has 19 rings (SSSR count). The minimum Gasteiger partial charge on any atom is -0.0619 e. The van der Waals surface area contributed by atoms with Crippen molar-refractivity contribution in [1.29, 1.82) is 0 Å². The number of fused-ring (bicyclic) bond motifs is 26. The molecule has 0 radical (unpaired) electrons. The molecule has 11 aromatic rings. The second-order valence-electron chi connectivity index (χ2n) is 30.4. The van der Waals surface area contributed by atoms with Crippen LogP contribution >= 0.6 is 0 Å². The third-order valence-corrected chi connectivity index (χ3v) is 23.7. The number of aryl methyl sites for hydroxylation is 8. The second kappa shape index (κ2) is 21.2. The van der Waals surface area contributed by atoms with Crippen molar-refractivity contribution in [2.45, 2.75) is 168 Å². The molecule has 0 bridgehead atoms. The summed E-state index contributed by atoms with van der Waals surface area (Å²) in [6.45, 7) is 27.2. The zero-order chi connectivity index (χ0) is 63.4. The fourth-order valence-electron chi connectivity index (χ4n) is 19.2. The summed E-state index contributed by atoms with van der Waals surface area (Å²) in [6.07, 6.45) is 12.2. The predicted octanol–water partition coefficient (Wildman–Crippen LogP) is 24.2. The van der Waals surface area contributed by atoms with Gasteiger partial charge < -0.3 is 0 Å². The van der Waals surface area contributed by atoms with Crippen LogP contribution in [0.4, 0.5) is 0 Å². The molecule has 0 aliphatic heterocycles. The van der Waals surface area contributed by atoms with E-state index < -0.39 is 0 Å². The molecule has 92 heavy (non-hydrogen) atoms. The van der Waals surface area contributed by atoms with Crippen molar-refractivity contribution in [3.05, 3.63) is 318 Å². The predicted molar refractivity (Wildman–Crippen MR) is 389 cm³/mol. The van der Waals surface area contributed by atoms with Crippen LogP contribution in [0.25, 0.3) is 66.8 Å². The Bertz CT molecular complexity index is 4580. The van der Waals surface area contributed by atoms with Gasteiger partial charge in [-0.15, -0.1) is 0 Å². The van der Waals surface area contributed by atoms with Crippen LogP contribution in [0.5, 0.6) is 0 Å². The van der Waals surface area contributed by atoms with Gasteiger partial charge in [0.15, 0.2) is 0 Å². The molecule has 0 heteroatoms. The molecule has 0 atom stereocenters. The van der Waals surface area contributed by atoms with E-state index in [0.29, 0.717) is 10.8 Å². The van der Waals surface area contributed by atoms with Crippen molar-refractivity contribution in [2.75, 3.05) is 0 Å². The minimum atomic E-state index is -0.199. The van der Waals surface area contributed by atoms with Gasteiger partial charge in [-0.1, -0.05) is 298 Å². The first-order valence-corrected chi connectivity index (χ1v) is 34.6. The van der Waals surface area contributed by atoms with E-state index in [0.717, 1.165) is 0 Å². The van der Waals surface area contributed by atoms with Gasteiger partial charge in [-0.2, -0.15) is 0 Å². The van der Waals surface area contributed by atoms with Gasteiger partial charge in [0.1, 0.15) is 0 Å². The Balaban J connectivity index is 0.0000000987. The van der Waals surface area contributed by atoms with Gasteiger partial charge in [0.25, 0.3) is 0 Å². The van der Waals surface area contributed by atoms with Gasteiger partial charge in [-0.25, -0.2) is 0 Å². The summed E-state index contributed by atoms with van der Waals surface area (Å²) in [4.78, 5) is 0. The maximum absolute atomic E-state index is 2.49.